The second-order valence-electron chi connectivity index (χ2n) is 15.0. The maximum atomic E-state index is 13.9. The zero-order valence-corrected chi connectivity index (χ0v) is 29.7. The Morgan fingerprint density at radius 1 is 1.11 bits per heavy atom. The highest BCUT2D eigenvalue weighted by Gasteiger charge is 2.52. The topological polar surface area (TPSA) is 123 Å². The van der Waals surface area contributed by atoms with Crippen molar-refractivity contribution in [2.24, 2.45) is 17.8 Å². The van der Waals surface area contributed by atoms with E-state index >= 15 is 0 Å². The summed E-state index contributed by atoms with van der Waals surface area (Å²) in [6, 6.07) is 2.00. The number of halogens is 1. The molecule has 6 aliphatic rings. The molecule has 0 radical (unpaired) electrons. The highest BCUT2D eigenvalue weighted by Crippen LogP contribution is 2.48. The van der Waals surface area contributed by atoms with Crippen LogP contribution in [0.2, 0.25) is 0 Å². The van der Waals surface area contributed by atoms with Crippen molar-refractivity contribution in [2.75, 3.05) is 18.6 Å². The minimum absolute atomic E-state index is 0.0204. The molecule has 9 atom stereocenters. The maximum Gasteiger partial charge on any atom is 0.257 e. The van der Waals surface area contributed by atoms with Crippen LogP contribution in [-0.4, -0.2) is 94.3 Å². The number of carbonyl (C=O) groups is 1. The van der Waals surface area contributed by atoms with Crippen LogP contribution >= 0.6 is 23.4 Å². The van der Waals surface area contributed by atoms with E-state index in [2.05, 4.69) is 21.9 Å². The average molecular weight is 696 g/mol. The molecule has 2 saturated heterocycles. The molecule has 13 heteroatoms. The van der Waals surface area contributed by atoms with Crippen LogP contribution in [0.5, 0.6) is 0 Å². The molecule has 4 aliphatic carbocycles. The maximum absolute atomic E-state index is 13.9. The minimum atomic E-state index is -3.62. The largest absolute Gasteiger partial charge is 0.376 e. The van der Waals surface area contributed by atoms with Gasteiger partial charge in [0.05, 0.1) is 37.1 Å². The number of ether oxygens (including phenoxy) is 1. The number of amides is 1. The summed E-state index contributed by atoms with van der Waals surface area (Å²) >= 11 is 8.55. The number of nitrogens with zero attached hydrogens (tertiary/aromatic N) is 3. The van der Waals surface area contributed by atoms with Crippen molar-refractivity contribution in [2.45, 2.75) is 138 Å². The highest BCUT2D eigenvalue weighted by molar-refractivity contribution is 8.00. The number of piperidine rings is 1. The van der Waals surface area contributed by atoms with Crippen LogP contribution in [0.25, 0.3) is 0 Å². The van der Waals surface area contributed by atoms with E-state index in [4.69, 9.17) is 21.3 Å². The molecule has 1 aromatic heterocycles. The molecular formula is C33H50ClN5O5S2. The molecule has 3 saturated carbocycles. The number of fused-ring (bicyclic) bond motifs is 2. The van der Waals surface area contributed by atoms with Gasteiger partial charge in [-0.15, -0.1) is 11.6 Å². The molecular weight excluding hydrogens is 646 g/mol. The molecule has 5 fully saturated rings. The molecule has 46 heavy (non-hydrogen) atoms. The van der Waals surface area contributed by atoms with E-state index < -0.39 is 21.8 Å². The summed E-state index contributed by atoms with van der Waals surface area (Å²) in [5.41, 5.74) is 2.02. The van der Waals surface area contributed by atoms with E-state index in [-0.39, 0.29) is 40.3 Å². The number of aryl methyl sites for hydroxylation is 2. The number of thioether (sulfide) groups is 1. The second-order valence-corrected chi connectivity index (χ2v) is 18.5. The summed E-state index contributed by atoms with van der Waals surface area (Å²) in [5.74, 6) is 1.05. The quantitative estimate of drug-likeness (QED) is 0.356. The number of alkyl halides is 1. The normalized spacial score (nSPS) is 36.3. The van der Waals surface area contributed by atoms with Gasteiger partial charge in [-0.1, -0.05) is 0 Å². The Morgan fingerprint density at radius 2 is 1.85 bits per heavy atom. The highest BCUT2D eigenvalue weighted by atomic mass is 35.5. The lowest BCUT2D eigenvalue weighted by molar-refractivity contribution is -0.123. The first kappa shape index (κ1) is 33.3. The second kappa shape index (κ2) is 13.3. The third-order valence-corrected chi connectivity index (χ3v) is 14.0. The van der Waals surface area contributed by atoms with E-state index in [1.54, 1.807) is 11.8 Å². The predicted molar refractivity (Wildman–Crippen MR) is 181 cm³/mol. The number of carbonyl (C=O) groups excluding carboxylic acids is 1. The first-order chi connectivity index (χ1) is 22.0. The summed E-state index contributed by atoms with van der Waals surface area (Å²) < 4.78 is 34.3. The monoisotopic (exact) mass is 695 g/mol. The Hall–Kier alpha value is -1.18. The number of hydrogen-bond donors (Lipinski definition) is 2. The Labute approximate surface area is 282 Å². The van der Waals surface area contributed by atoms with Crippen molar-refractivity contribution in [3.05, 3.63) is 27.4 Å². The molecule has 2 N–H and O–H groups in total. The zero-order chi connectivity index (χ0) is 32.3. The first-order valence-corrected chi connectivity index (χ1v) is 20.9. The van der Waals surface area contributed by atoms with Gasteiger partial charge in [0.15, 0.2) is 0 Å². The van der Waals surface area contributed by atoms with E-state index in [0.29, 0.717) is 30.9 Å². The van der Waals surface area contributed by atoms with Crippen LogP contribution in [-0.2, 0) is 38.9 Å². The third kappa shape index (κ3) is 7.08. The number of rotatable bonds is 10. The number of hydrogen-bond acceptors (Lipinski definition) is 9. The van der Waals surface area contributed by atoms with E-state index in [1.165, 1.54) is 25.7 Å². The summed E-state index contributed by atoms with van der Waals surface area (Å²) in [5, 5.41) is 3.88. The van der Waals surface area contributed by atoms with Crippen LogP contribution < -0.4 is 15.6 Å². The minimum Gasteiger partial charge on any atom is -0.376 e. The third-order valence-electron chi connectivity index (χ3n) is 11.4. The van der Waals surface area contributed by atoms with Gasteiger partial charge in [0.2, 0.25) is 15.9 Å². The fourth-order valence-electron chi connectivity index (χ4n) is 9.15. The summed E-state index contributed by atoms with van der Waals surface area (Å²) in [6.07, 6.45) is 12.6. The Morgan fingerprint density at radius 3 is 2.54 bits per heavy atom. The van der Waals surface area contributed by atoms with Crippen LogP contribution in [0.3, 0.4) is 0 Å². The van der Waals surface area contributed by atoms with Gasteiger partial charge in [0.1, 0.15) is 5.82 Å². The molecule has 10 nitrogen and oxygen atoms in total. The van der Waals surface area contributed by atoms with Crippen LogP contribution in [0.1, 0.15) is 81.8 Å². The molecule has 2 aliphatic heterocycles. The Kier molecular flexibility index (Phi) is 9.61. The van der Waals surface area contributed by atoms with Gasteiger partial charge in [0.25, 0.3) is 5.56 Å². The van der Waals surface area contributed by atoms with Crippen LogP contribution in [0, 0.1) is 24.7 Å². The van der Waals surface area contributed by atoms with Gasteiger partial charge in [-0.3, -0.25) is 23.8 Å². The van der Waals surface area contributed by atoms with Gasteiger partial charge in [0, 0.05) is 52.2 Å². The summed E-state index contributed by atoms with van der Waals surface area (Å²) in [6.45, 7) is 5.01. The number of nitrogens with one attached hydrogen (secondary N) is 2. The number of aromatic nitrogens is 2. The number of sulfonamides is 1. The van der Waals surface area contributed by atoms with Gasteiger partial charge in [-0.2, -0.15) is 11.8 Å². The molecule has 0 spiro atoms. The van der Waals surface area contributed by atoms with Crippen LogP contribution in [0.15, 0.2) is 4.79 Å². The van der Waals surface area contributed by atoms with E-state index in [1.807, 2.05) is 11.5 Å². The Bertz CT molecular complexity index is 1470. The molecule has 1 amide bonds. The van der Waals surface area contributed by atoms with Crippen molar-refractivity contribution < 1.29 is 17.9 Å². The fourth-order valence-corrected chi connectivity index (χ4v) is 11.8. The molecule has 1 aromatic rings. The predicted octanol–water partition coefficient (Wildman–Crippen LogP) is 3.00. The van der Waals surface area contributed by atoms with E-state index in [0.717, 1.165) is 80.4 Å². The fraction of sp³-hybridized carbons (Fsp3) is 0.848. The van der Waals surface area contributed by atoms with Crippen molar-refractivity contribution in [3.63, 3.8) is 0 Å². The lowest BCUT2D eigenvalue weighted by Crippen LogP contribution is -2.58. The SMILES string of the molecule is Cc1nc2c(c(=O)n1CCOC1CCC(Cl)CC1C1CC(C)NC3C(C(=O)NS(C)(=O)=O)CSC13)C[C@@H](N(C1CC1)C1CC1)CC2. The van der Waals surface area contributed by atoms with Crippen molar-refractivity contribution in [1.29, 1.82) is 0 Å². The van der Waals surface area contributed by atoms with Gasteiger partial charge in [-0.25, -0.2) is 13.4 Å². The van der Waals surface area contributed by atoms with Crippen molar-refractivity contribution >= 4 is 39.3 Å². The zero-order valence-electron chi connectivity index (χ0n) is 27.3. The molecule has 256 valence electrons. The summed E-state index contributed by atoms with van der Waals surface area (Å²) in [7, 11) is -3.62. The molecule has 7 rings (SSSR count). The molecule has 3 heterocycles. The average Bonchev–Trinajstić information content (AvgIpc) is 3.94. The Balaban J connectivity index is 1.03. The van der Waals surface area contributed by atoms with Gasteiger partial charge >= 0.3 is 0 Å². The summed E-state index contributed by atoms with van der Waals surface area (Å²) in [4.78, 5) is 34.5. The molecule has 0 bridgehead atoms. The molecule has 0 aromatic carbocycles. The van der Waals surface area contributed by atoms with Gasteiger partial charge in [-0.05, 0) is 96.3 Å². The molecule has 8 unspecified atom stereocenters. The lowest BCUT2D eigenvalue weighted by atomic mass is 9.70. The first-order valence-electron chi connectivity index (χ1n) is 17.5. The lowest BCUT2D eigenvalue weighted by Gasteiger charge is -2.47. The van der Waals surface area contributed by atoms with Crippen molar-refractivity contribution in [1.82, 2.24) is 24.5 Å². The standard InChI is InChI=1S/C33H50ClN5O5S2/c1-18-14-25(31-30(35-18)27(17-45-31)32(40)37-46(3,42)43)24-15-20(34)4-11-29(24)44-13-12-38-19(2)36-28-10-9-23(16-26(28)33(38)41)39(21-5-6-21)22-7-8-22/h18,20-25,27,29-31,35H,4-17H2,1-3H3,(H,37,40)/t18?,20?,23-,24?,25?,27?,29?,30?,31?/m0/s1. The van der Waals surface area contributed by atoms with Crippen LogP contribution in [0.4, 0.5) is 0 Å². The van der Waals surface area contributed by atoms with Crippen molar-refractivity contribution in [3.8, 4) is 0 Å². The smallest absolute Gasteiger partial charge is 0.257 e. The van der Waals surface area contributed by atoms with E-state index in [9.17, 15) is 18.0 Å². The van der Waals surface area contributed by atoms with Gasteiger partial charge < -0.3 is 10.1 Å².